The molecule has 3 aromatic rings. The minimum atomic E-state index is 0.133. The van der Waals surface area contributed by atoms with Crippen LogP contribution in [0.3, 0.4) is 0 Å². The molecule has 0 saturated carbocycles. The third-order valence-electron chi connectivity index (χ3n) is 3.60. The summed E-state index contributed by atoms with van der Waals surface area (Å²) in [7, 11) is 0. The molecule has 0 spiro atoms. The van der Waals surface area contributed by atoms with Gasteiger partial charge in [0.2, 0.25) is 5.91 Å². The van der Waals surface area contributed by atoms with Crippen molar-refractivity contribution < 1.29 is 4.79 Å². The molecule has 0 bridgehead atoms. The molecular formula is C19H18N2OS. The van der Waals surface area contributed by atoms with Crippen LogP contribution in [-0.4, -0.2) is 10.9 Å². The lowest BCUT2D eigenvalue weighted by Crippen LogP contribution is -2.30. The van der Waals surface area contributed by atoms with E-state index in [4.69, 9.17) is 0 Å². The lowest BCUT2D eigenvalue weighted by molar-refractivity contribution is -0.118. The minimum Gasteiger partial charge on any atom is -0.308 e. The maximum atomic E-state index is 12.8. The van der Waals surface area contributed by atoms with Crippen molar-refractivity contribution >= 4 is 22.9 Å². The van der Waals surface area contributed by atoms with Gasteiger partial charge in [0.25, 0.3) is 0 Å². The van der Waals surface area contributed by atoms with Gasteiger partial charge in [0, 0.05) is 29.4 Å². The Morgan fingerprint density at radius 1 is 1.04 bits per heavy atom. The first kappa shape index (κ1) is 15.4. The van der Waals surface area contributed by atoms with E-state index in [1.807, 2.05) is 65.0 Å². The van der Waals surface area contributed by atoms with Crippen LogP contribution in [0.15, 0.2) is 72.4 Å². The van der Waals surface area contributed by atoms with E-state index in [-0.39, 0.29) is 5.91 Å². The molecular weight excluding hydrogens is 304 g/mol. The third kappa shape index (κ3) is 4.27. The van der Waals surface area contributed by atoms with Crippen LogP contribution in [0.4, 0.5) is 5.69 Å². The minimum absolute atomic E-state index is 0.133. The van der Waals surface area contributed by atoms with Crippen LogP contribution in [0.5, 0.6) is 0 Å². The summed E-state index contributed by atoms with van der Waals surface area (Å²) >= 11 is 1.70. The second-order valence-corrected chi connectivity index (χ2v) is 6.29. The molecule has 116 valence electrons. The molecule has 23 heavy (non-hydrogen) atoms. The van der Waals surface area contributed by atoms with Crippen molar-refractivity contribution in [3.05, 3.63) is 82.8 Å². The fourth-order valence-electron chi connectivity index (χ4n) is 2.43. The molecule has 2 heterocycles. The summed E-state index contributed by atoms with van der Waals surface area (Å²) in [5.74, 6) is 0.133. The summed E-state index contributed by atoms with van der Waals surface area (Å²) < 4.78 is 0. The van der Waals surface area contributed by atoms with Crippen LogP contribution >= 0.6 is 11.3 Å². The van der Waals surface area contributed by atoms with Crippen LogP contribution in [0.1, 0.15) is 16.9 Å². The zero-order valence-electron chi connectivity index (χ0n) is 12.8. The number of benzene rings is 1. The maximum Gasteiger partial charge on any atom is 0.227 e. The molecule has 1 aromatic carbocycles. The number of anilines is 1. The first-order valence-electron chi connectivity index (χ1n) is 7.59. The van der Waals surface area contributed by atoms with E-state index < -0.39 is 0 Å². The Bertz CT molecular complexity index is 727. The number of carbonyl (C=O) groups is 1. The SMILES string of the molecule is O=C(CCc1cccs1)N(Cc1cccnc1)c1ccccc1. The first-order chi connectivity index (χ1) is 11.3. The maximum absolute atomic E-state index is 12.8. The van der Waals surface area contributed by atoms with E-state index in [2.05, 4.69) is 11.1 Å². The van der Waals surface area contributed by atoms with Gasteiger partial charge in [-0.2, -0.15) is 0 Å². The summed E-state index contributed by atoms with van der Waals surface area (Å²) in [6.07, 6.45) is 4.85. The highest BCUT2D eigenvalue weighted by Gasteiger charge is 2.16. The van der Waals surface area contributed by atoms with Gasteiger partial charge < -0.3 is 4.90 Å². The summed E-state index contributed by atoms with van der Waals surface area (Å²) in [6.45, 7) is 0.543. The largest absolute Gasteiger partial charge is 0.308 e. The van der Waals surface area contributed by atoms with Crippen LogP contribution in [0, 0.1) is 0 Å². The second kappa shape index (κ2) is 7.70. The van der Waals surface area contributed by atoms with Crippen molar-refractivity contribution in [1.29, 1.82) is 0 Å². The molecule has 0 saturated heterocycles. The van der Waals surface area contributed by atoms with Gasteiger partial charge in [-0.05, 0) is 41.6 Å². The van der Waals surface area contributed by atoms with E-state index in [0.29, 0.717) is 13.0 Å². The van der Waals surface area contributed by atoms with Gasteiger partial charge in [0.1, 0.15) is 0 Å². The monoisotopic (exact) mass is 322 g/mol. The highest BCUT2D eigenvalue weighted by atomic mass is 32.1. The fourth-order valence-corrected chi connectivity index (χ4v) is 3.13. The smallest absolute Gasteiger partial charge is 0.227 e. The highest BCUT2D eigenvalue weighted by molar-refractivity contribution is 7.09. The number of hydrogen-bond donors (Lipinski definition) is 0. The number of aromatic nitrogens is 1. The summed E-state index contributed by atoms with van der Waals surface area (Å²) in [5.41, 5.74) is 1.95. The zero-order chi connectivity index (χ0) is 15.9. The second-order valence-electron chi connectivity index (χ2n) is 5.26. The van der Waals surface area contributed by atoms with Gasteiger partial charge in [-0.25, -0.2) is 0 Å². The van der Waals surface area contributed by atoms with Crippen molar-refractivity contribution in [3.8, 4) is 0 Å². The van der Waals surface area contributed by atoms with E-state index in [1.165, 1.54) is 4.88 Å². The average molecular weight is 322 g/mol. The molecule has 3 rings (SSSR count). The van der Waals surface area contributed by atoms with E-state index in [1.54, 1.807) is 17.5 Å². The first-order valence-corrected chi connectivity index (χ1v) is 8.47. The number of rotatable bonds is 6. The van der Waals surface area contributed by atoms with Crippen LogP contribution in [0.2, 0.25) is 0 Å². The number of thiophene rings is 1. The molecule has 0 aliphatic carbocycles. The fraction of sp³-hybridized carbons (Fsp3) is 0.158. The van der Waals surface area contributed by atoms with Gasteiger partial charge in [-0.3, -0.25) is 9.78 Å². The third-order valence-corrected chi connectivity index (χ3v) is 4.53. The van der Waals surface area contributed by atoms with Gasteiger partial charge in [0.05, 0.1) is 6.54 Å². The van der Waals surface area contributed by atoms with Crippen molar-refractivity contribution in [1.82, 2.24) is 4.98 Å². The number of hydrogen-bond acceptors (Lipinski definition) is 3. The number of aryl methyl sites for hydroxylation is 1. The molecule has 0 N–H and O–H groups in total. The lowest BCUT2D eigenvalue weighted by Gasteiger charge is -2.23. The molecule has 4 heteroatoms. The quantitative estimate of drug-likeness (QED) is 0.677. The molecule has 3 nitrogen and oxygen atoms in total. The Labute approximate surface area is 140 Å². The predicted molar refractivity (Wildman–Crippen MR) is 94.5 cm³/mol. The number of amides is 1. The molecule has 0 aliphatic heterocycles. The van der Waals surface area contributed by atoms with Crippen LogP contribution in [-0.2, 0) is 17.8 Å². The molecule has 0 atom stereocenters. The standard InChI is InChI=1S/C19H18N2OS/c22-19(11-10-18-9-5-13-23-18)21(17-7-2-1-3-8-17)15-16-6-4-12-20-14-16/h1-9,12-14H,10-11,15H2. The molecule has 1 amide bonds. The Morgan fingerprint density at radius 2 is 1.91 bits per heavy atom. The Hall–Kier alpha value is -2.46. The molecule has 0 fully saturated rings. The average Bonchev–Trinajstić information content (AvgIpc) is 3.13. The topological polar surface area (TPSA) is 33.2 Å². The number of pyridine rings is 1. The Kier molecular flexibility index (Phi) is 5.17. The van der Waals surface area contributed by atoms with Crippen LogP contribution < -0.4 is 4.90 Å². The molecule has 0 unspecified atom stereocenters. The Morgan fingerprint density at radius 3 is 2.61 bits per heavy atom. The zero-order valence-corrected chi connectivity index (χ0v) is 13.6. The van der Waals surface area contributed by atoms with Crippen molar-refractivity contribution in [3.63, 3.8) is 0 Å². The normalized spacial score (nSPS) is 10.4. The predicted octanol–water partition coefficient (Wildman–Crippen LogP) is 4.31. The van der Waals surface area contributed by atoms with Gasteiger partial charge in [-0.15, -0.1) is 11.3 Å². The van der Waals surface area contributed by atoms with E-state index in [0.717, 1.165) is 17.7 Å². The number of nitrogens with zero attached hydrogens (tertiary/aromatic N) is 2. The van der Waals surface area contributed by atoms with E-state index >= 15 is 0 Å². The Balaban J connectivity index is 1.75. The summed E-state index contributed by atoms with van der Waals surface area (Å²) in [4.78, 5) is 20.0. The van der Waals surface area contributed by atoms with Crippen molar-refractivity contribution in [2.45, 2.75) is 19.4 Å². The van der Waals surface area contributed by atoms with E-state index in [9.17, 15) is 4.79 Å². The van der Waals surface area contributed by atoms with Gasteiger partial charge in [0.15, 0.2) is 0 Å². The molecule has 2 aromatic heterocycles. The molecule has 0 aliphatic rings. The van der Waals surface area contributed by atoms with Crippen molar-refractivity contribution in [2.75, 3.05) is 4.90 Å². The van der Waals surface area contributed by atoms with Crippen LogP contribution in [0.25, 0.3) is 0 Å². The highest BCUT2D eigenvalue weighted by Crippen LogP contribution is 2.19. The summed E-state index contributed by atoms with van der Waals surface area (Å²) in [6, 6.07) is 17.8. The number of carbonyl (C=O) groups excluding carboxylic acids is 1. The number of para-hydroxylation sites is 1. The van der Waals surface area contributed by atoms with Gasteiger partial charge in [-0.1, -0.05) is 30.3 Å². The summed E-state index contributed by atoms with van der Waals surface area (Å²) in [5, 5.41) is 2.05. The lowest BCUT2D eigenvalue weighted by atomic mass is 10.2. The molecule has 0 radical (unpaired) electrons. The van der Waals surface area contributed by atoms with Crippen molar-refractivity contribution in [2.24, 2.45) is 0 Å². The van der Waals surface area contributed by atoms with Gasteiger partial charge >= 0.3 is 0 Å².